The molecule has 0 saturated carbocycles. The maximum absolute atomic E-state index is 14.5. The fourth-order valence-electron chi connectivity index (χ4n) is 5.29. The molecule has 218 valence electrons. The Hall–Kier alpha value is -3.32. The summed E-state index contributed by atoms with van der Waals surface area (Å²) in [5.74, 6) is -7.46. The molecule has 0 bridgehead atoms. The number of carbonyl (C=O) groups excluding carboxylic acids is 2. The molecule has 2 saturated heterocycles. The number of hydrogen-bond donors (Lipinski definition) is 3. The van der Waals surface area contributed by atoms with Gasteiger partial charge in [-0.15, -0.1) is 0 Å². The number of ether oxygens (including phenoxy) is 2. The van der Waals surface area contributed by atoms with E-state index in [1.807, 2.05) is 0 Å². The van der Waals surface area contributed by atoms with Crippen molar-refractivity contribution >= 4 is 17.5 Å². The molecule has 1 aromatic heterocycles. The van der Waals surface area contributed by atoms with Crippen LogP contribution in [-0.2, 0) is 9.53 Å². The zero-order chi connectivity index (χ0) is 29.2. The lowest BCUT2D eigenvalue weighted by atomic mass is 9.77. The number of benzene rings is 1. The van der Waals surface area contributed by atoms with Crippen LogP contribution in [0.25, 0.3) is 0 Å². The highest BCUT2D eigenvalue weighted by atomic mass is 19.4. The van der Waals surface area contributed by atoms with Crippen LogP contribution in [0, 0.1) is 17.6 Å². The van der Waals surface area contributed by atoms with Gasteiger partial charge in [0.25, 0.3) is 11.8 Å². The van der Waals surface area contributed by atoms with Gasteiger partial charge in [-0.2, -0.15) is 17.6 Å². The molecule has 13 heteroatoms. The summed E-state index contributed by atoms with van der Waals surface area (Å²) in [5.41, 5.74) is -2.85. The van der Waals surface area contributed by atoms with Crippen molar-refractivity contribution in [2.75, 3.05) is 25.5 Å². The summed E-state index contributed by atoms with van der Waals surface area (Å²) in [6.45, 7) is 3.29. The van der Waals surface area contributed by atoms with Gasteiger partial charge in [0.05, 0.1) is 7.11 Å². The van der Waals surface area contributed by atoms with E-state index in [0.717, 1.165) is 52.0 Å². The lowest BCUT2D eigenvalue weighted by Gasteiger charge is -2.32. The van der Waals surface area contributed by atoms with Gasteiger partial charge in [0, 0.05) is 41.9 Å². The van der Waals surface area contributed by atoms with Crippen LogP contribution < -0.4 is 20.7 Å². The molecule has 4 rings (SSSR count). The van der Waals surface area contributed by atoms with Gasteiger partial charge in [0.15, 0.2) is 17.2 Å². The molecule has 3 heterocycles. The average molecular weight is 571 g/mol. The smallest absolute Gasteiger partial charge is 0.417 e. The molecule has 40 heavy (non-hydrogen) atoms. The van der Waals surface area contributed by atoms with Gasteiger partial charge < -0.3 is 25.4 Å². The number of rotatable bonds is 7. The van der Waals surface area contributed by atoms with E-state index in [0.29, 0.717) is 6.54 Å². The third-order valence-corrected chi connectivity index (χ3v) is 7.75. The maximum atomic E-state index is 14.5. The topological polar surface area (TPSA) is 102 Å². The van der Waals surface area contributed by atoms with Gasteiger partial charge in [-0.3, -0.25) is 14.6 Å². The van der Waals surface area contributed by atoms with Crippen molar-refractivity contribution in [1.29, 1.82) is 0 Å². The predicted molar refractivity (Wildman–Crippen MR) is 135 cm³/mol. The Labute approximate surface area is 228 Å². The number of anilines is 1. The summed E-state index contributed by atoms with van der Waals surface area (Å²) in [5, 5.41) is 8.58. The van der Waals surface area contributed by atoms with Crippen LogP contribution in [-0.4, -0.2) is 60.9 Å². The van der Waals surface area contributed by atoms with E-state index >= 15 is 0 Å². The van der Waals surface area contributed by atoms with Gasteiger partial charge >= 0.3 is 6.18 Å². The minimum atomic E-state index is -4.89. The molecule has 2 aliphatic heterocycles. The zero-order valence-corrected chi connectivity index (χ0v) is 22.2. The summed E-state index contributed by atoms with van der Waals surface area (Å²) in [4.78, 5) is 30.0. The monoisotopic (exact) mass is 570 g/mol. The van der Waals surface area contributed by atoms with Crippen molar-refractivity contribution in [3.05, 3.63) is 53.4 Å². The Morgan fingerprint density at radius 2 is 1.98 bits per heavy atom. The van der Waals surface area contributed by atoms with Crippen LogP contribution in [0.15, 0.2) is 30.5 Å². The summed E-state index contributed by atoms with van der Waals surface area (Å²) >= 11 is 0. The van der Waals surface area contributed by atoms with E-state index in [9.17, 15) is 31.5 Å². The number of hydrogen-bond acceptors (Lipinski definition) is 6. The lowest BCUT2D eigenvalue weighted by Crippen LogP contribution is -2.47. The SMILES string of the molecule is COc1c([C@H]2[C@H](C(=O)Nc3ccnc(C(=O)NC[C@H]4CCCCN4)c3)O[C@@](C)(C(F)(F)F)[C@H]2C)ccc(F)c1F. The van der Waals surface area contributed by atoms with Gasteiger partial charge in [-0.25, -0.2) is 4.39 Å². The minimum Gasteiger partial charge on any atom is -0.493 e. The van der Waals surface area contributed by atoms with Crippen molar-refractivity contribution in [2.24, 2.45) is 5.92 Å². The molecule has 0 spiro atoms. The standard InChI is InChI=1S/C27H31F5N4O4/c1-14-20(17-7-8-18(28)21(29)22(17)39-3)23(40-26(14,2)27(30,31)32)25(38)36-15-9-11-34-19(12-15)24(37)35-13-16-6-4-5-10-33-16/h7-9,11-12,14,16,20,23,33H,4-6,10,13H2,1-3H3,(H,35,37)(H,34,36,38)/t14-,16+,20-,23+,26+/m0/s1. The van der Waals surface area contributed by atoms with Crippen LogP contribution in [0.3, 0.4) is 0 Å². The number of alkyl halides is 3. The highest BCUT2D eigenvalue weighted by molar-refractivity contribution is 5.97. The van der Waals surface area contributed by atoms with E-state index in [2.05, 4.69) is 20.9 Å². The normalized spacial score (nSPS) is 26.8. The van der Waals surface area contributed by atoms with Crippen molar-refractivity contribution in [3.63, 3.8) is 0 Å². The van der Waals surface area contributed by atoms with E-state index in [1.165, 1.54) is 25.3 Å². The van der Waals surface area contributed by atoms with E-state index < -0.39 is 58.9 Å². The van der Waals surface area contributed by atoms with Gasteiger partial charge in [-0.1, -0.05) is 19.4 Å². The van der Waals surface area contributed by atoms with Crippen molar-refractivity contribution in [2.45, 2.75) is 63.0 Å². The Morgan fingerprint density at radius 1 is 1.23 bits per heavy atom. The lowest BCUT2D eigenvalue weighted by molar-refractivity contribution is -0.272. The number of nitrogens with zero attached hydrogens (tertiary/aromatic N) is 1. The fraction of sp³-hybridized carbons (Fsp3) is 0.519. The van der Waals surface area contributed by atoms with Crippen LogP contribution >= 0.6 is 0 Å². The highest BCUT2D eigenvalue weighted by Crippen LogP contribution is 2.55. The highest BCUT2D eigenvalue weighted by Gasteiger charge is 2.65. The fourth-order valence-corrected chi connectivity index (χ4v) is 5.29. The third kappa shape index (κ3) is 5.75. The van der Waals surface area contributed by atoms with Crippen molar-refractivity contribution < 1.29 is 41.0 Å². The molecular weight excluding hydrogens is 539 g/mol. The maximum Gasteiger partial charge on any atom is 0.417 e. The Bertz CT molecular complexity index is 1250. The number of piperidine rings is 1. The quantitative estimate of drug-likeness (QED) is 0.429. The first-order chi connectivity index (χ1) is 18.9. The number of halogens is 5. The van der Waals surface area contributed by atoms with Gasteiger partial charge in [0.2, 0.25) is 5.82 Å². The number of pyridine rings is 1. The summed E-state index contributed by atoms with van der Waals surface area (Å²) in [6, 6.07) is 4.63. The number of carbonyl (C=O) groups is 2. The largest absolute Gasteiger partial charge is 0.493 e. The second-order valence-electron chi connectivity index (χ2n) is 10.2. The number of aromatic nitrogens is 1. The predicted octanol–water partition coefficient (Wildman–Crippen LogP) is 4.32. The second kappa shape index (κ2) is 11.7. The number of nitrogens with one attached hydrogen (secondary N) is 3. The van der Waals surface area contributed by atoms with Crippen LogP contribution in [0.4, 0.5) is 27.6 Å². The van der Waals surface area contributed by atoms with Crippen molar-refractivity contribution in [1.82, 2.24) is 15.6 Å². The van der Waals surface area contributed by atoms with E-state index in [-0.39, 0.29) is 23.0 Å². The molecule has 0 radical (unpaired) electrons. The van der Waals surface area contributed by atoms with Crippen molar-refractivity contribution in [3.8, 4) is 5.75 Å². The first kappa shape index (κ1) is 29.7. The van der Waals surface area contributed by atoms with Gasteiger partial charge in [-0.05, 0) is 44.5 Å². The summed E-state index contributed by atoms with van der Waals surface area (Å²) in [7, 11) is 1.05. The molecular formula is C27H31F5N4O4. The molecule has 8 nitrogen and oxygen atoms in total. The van der Waals surface area contributed by atoms with E-state index in [1.54, 1.807) is 0 Å². The number of methoxy groups -OCH3 is 1. The van der Waals surface area contributed by atoms with Gasteiger partial charge in [0.1, 0.15) is 11.8 Å². The van der Waals surface area contributed by atoms with Crippen LogP contribution in [0.5, 0.6) is 5.75 Å². The van der Waals surface area contributed by atoms with Crippen LogP contribution in [0.1, 0.15) is 55.1 Å². The Balaban J connectivity index is 1.58. The Morgan fingerprint density at radius 3 is 2.62 bits per heavy atom. The first-order valence-corrected chi connectivity index (χ1v) is 12.9. The molecule has 2 aromatic rings. The second-order valence-corrected chi connectivity index (χ2v) is 10.2. The summed E-state index contributed by atoms with van der Waals surface area (Å²) in [6.07, 6.45) is -2.33. The molecule has 2 amide bonds. The molecule has 2 fully saturated rings. The molecule has 3 N–H and O–H groups in total. The zero-order valence-electron chi connectivity index (χ0n) is 22.2. The molecule has 0 unspecified atom stereocenters. The average Bonchev–Trinajstić information content (AvgIpc) is 3.21. The first-order valence-electron chi connectivity index (χ1n) is 12.9. The Kier molecular flexibility index (Phi) is 8.64. The van der Waals surface area contributed by atoms with E-state index in [4.69, 9.17) is 9.47 Å². The number of amides is 2. The third-order valence-electron chi connectivity index (χ3n) is 7.75. The molecule has 0 aliphatic carbocycles. The minimum absolute atomic E-state index is 0.00623. The summed E-state index contributed by atoms with van der Waals surface area (Å²) < 4.78 is 81.2. The molecule has 1 aromatic carbocycles. The van der Waals surface area contributed by atoms with Crippen LogP contribution in [0.2, 0.25) is 0 Å². The molecule has 2 aliphatic rings. The molecule has 5 atom stereocenters.